The minimum atomic E-state index is -1.02. The van der Waals surface area contributed by atoms with Gasteiger partial charge in [-0.25, -0.2) is 4.79 Å². The van der Waals surface area contributed by atoms with E-state index in [1.165, 1.54) is 17.4 Å². The van der Waals surface area contributed by atoms with Gasteiger partial charge in [0, 0.05) is 25.8 Å². The molecule has 1 aliphatic rings. The largest absolute Gasteiger partial charge is 0.478 e. The lowest BCUT2D eigenvalue weighted by Gasteiger charge is -2.22. The molecule has 2 N–H and O–H groups in total. The van der Waals surface area contributed by atoms with E-state index in [2.05, 4.69) is 5.32 Å². The molecule has 20 heavy (non-hydrogen) atoms. The van der Waals surface area contributed by atoms with E-state index in [1.807, 2.05) is 0 Å². The molecule has 5 nitrogen and oxygen atoms in total. The summed E-state index contributed by atoms with van der Waals surface area (Å²) in [6.45, 7) is 2.15. The molecule has 1 aromatic heterocycles. The highest BCUT2D eigenvalue weighted by Gasteiger charge is 2.17. The number of carbonyl (C=O) groups is 2. The standard InChI is InChI=1S/C14H17NO4S/c16-12(17)2-1-11-5-8-20-13(11)14(18)15-9-10-3-6-19-7-4-10/h1-2,5,8,10H,3-4,6-7,9H2,(H,15,18)(H,16,17). The first-order valence-electron chi connectivity index (χ1n) is 6.51. The van der Waals surface area contributed by atoms with Crippen molar-refractivity contribution in [3.63, 3.8) is 0 Å². The third-order valence-electron chi connectivity index (χ3n) is 3.20. The summed E-state index contributed by atoms with van der Waals surface area (Å²) >= 11 is 1.32. The number of hydrogen-bond donors (Lipinski definition) is 2. The molecule has 0 spiro atoms. The monoisotopic (exact) mass is 295 g/mol. The summed E-state index contributed by atoms with van der Waals surface area (Å²) in [5, 5.41) is 13.3. The SMILES string of the molecule is O=C(O)C=Cc1ccsc1C(=O)NCC1CCOCC1. The van der Waals surface area contributed by atoms with Gasteiger partial charge in [0.25, 0.3) is 5.91 Å². The summed E-state index contributed by atoms with van der Waals surface area (Å²) in [6.07, 6.45) is 4.42. The van der Waals surface area contributed by atoms with Crippen LogP contribution in [-0.4, -0.2) is 36.7 Å². The van der Waals surface area contributed by atoms with E-state index in [0.717, 1.165) is 32.1 Å². The quantitative estimate of drug-likeness (QED) is 0.815. The zero-order valence-corrected chi connectivity index (χ0v) is 11.8. The second-order valence-corrected chi connectivity index (χ2v) is 5.56. The second kappa shape index (κ2) is 7.21. The molecular weight excluding hydrogens is 278 g/mol. The number of aliphatic carboxylic acids is 1. The first kappa shape index (κ1) is 14.7. The van der Waals surface area contributed by atoms with Crippen LogP contribution in [0.15, 0.2) is 17.5 Å². The van der Waals surface area contributed by atoms with Crippen molar-refractivity contribution in [1.29, 1.82) is 0 Å². The highest BCUT2D eigenvalue weighted by Crippen LogP contribution is 2.19. The van der Waals surface area contributed by atoms with E-state index >= 15 is 0 Å². The summed E-state index contributed by atoms with van der Waals surface area (Å²) in [6, 6.07) is 1.74. The van der Waals surface area contributed by atoms with Gasteiger partial charge in [-0.2, -0.15) is 0 Å². The molecule has 0 bridgehead atoms. The van der Waals surface area contributed by atoms with Crippen LogP contribution in [0, 0.1) is 5.92 Å². The third kappa shape index (κ3) is 4.18. The molecule has 2 rings (SSSR count). The van der Waals surface area contributed by atoms with E-state index in [4.69, 9.17) is 9.84 Å². The van der Waals surface area contributed by atoms with Gasteiger partial charge in [0.2, 0.25) is 0 Å². The van der Waals surface area contributed by atoms with Crippen LogP contribution < -0.4 is 5.32 Å². The van der Waals surface area contributed by atoms with Gasteiger partial charge in [0.1, 0.15) is 0 Å². The lowest BCUT2D eigenvalue weighted by atomic mass is 10.0. The van der Waals surface area contributed by atoms with E-state index in [-0.39, 0.29) is 5.91 Å². The van der Waals surface area contributed by atoms with Crippen LogP contribution in [0.2, 0.25) is 0 Å². The van der Waals surface area contributed by atoms with Crippen molar-refractivity contribution >= 4 is 29.3 Å². The lowest BCUT2D eigenvalue weighted by Crippen LogP contribution is -2.32. The predicted octanol–water partition coefficient (Wildman–Crippen LogP) is 2.00. The number of ether oxygens (including phenoxy) is 1. The fourth-order valence-corrected chi connectivity index (χ4v) is 2.87. The third-order valence-corrected chi connectivity index (χ3v) is 4.13. The average Bonchev–Trinajstić information content (AvgIpc) is 2.92. The van der Waals surface area contributed by atoms with Crippen LogP contribution in [0.3, 0.4) is 0 Å². The van der Waals surface area contributed by atoms with Crippen molar-refractivity contribution in [2.75, 3.05) is 19.8 Å². The fourth-order valence-electron chi connectivity index (χ4n) is 2.06. The number of hydrogen-bond acceptors (Lipinski definition) is 4. The molecule has 0 radical (unpaired) electrons. The number of carboxylic acid groups (broad SMARTS) is 1. The summed E-state index contributed by atoms with van der Waals surface area (Å²) in [7, 11) is 0. The fraction of sp³-hybridized carbons (Fsp3) is 0.429. The first-order chi connectivity index (χ1) is 9.66. The number of thiophene rings is 1. The average molecular weight is 295 g/mol. The van der Waals surface area contributed by atoms with Gasteiger partial charge >= 0.3 is 5.97 Å². The van der Waals surface area contributed by atoms with Crippen molar-refractivity contribution in [3.8, 4) is 0 Å². The van der Waals surface area contributed by atoms with Crippen molar-refractivity contribution < 1.29 is 19.4 Å². The molecule has 0 saturated carbocycles. The van der Waals surface area contributed by atoms with E-state index in [9.17, 15) is 9.59 Å². The van der Waals surface area contributed by atoms with Crippen molar-refractivity contribution in [1.82, 2.24) is 5.32 Å². The summed E-state index contributed by atoms with van der Waals surface area (Å²) in [5.41, 5.74) is 0.641. The van der Waals surface area contributed by atoms with Gasteiger partial charge in [0.05, 0.1) is 4.88 Å². The van der Waals surface area contributed by atoms with Crippen molar-refractivity contribution in [3.05, 3.63) is 28.0 Å². The molecule has 1 amide bonds. The Balaban J connectivity index is 1.92. The Kier molecular flexibility index (Phi) is 5.31. The second-order valence-electron chi connectivity index (χ2n) is 4.64. The maximum atomic E-state index is 12.1. The molecule has 6 heteroatoms. The summed E-state index contributed by atoms with van der Waals surface area (Å²) in [5.74, 6) is -0.702. The van der Waals surface area contributed by atoms with Crippen LogP contribution in [-0.2, 0) is 9.53 Å². The summed E-state index contributed by atoms with van der Waals surface area (Å²) in [4.78, 5) is 23.2. The molecule has 1 aromatic rings. The van der Waals surface area contributed by atoms with Gasteiger partial charge in [0.15, 0.2) is 0 Å². The zero-order valence-electron chi connectivity index (χ0n) is 11.0. The predicted molar refractivity (Wildman–Crippen MR) is 76.9 cm³/mol. The van der Waals surface area contributed by atoms with Gasteiger partial charge < -0.3 is 15.2 Å². The Morgan fingerprint density at radius 3 is 2.90 bits per heavy atom. The van der Waals surface area contributed by atoms with E-state index in [0.29, 0.717) is 22.9 Å². The molecule has 0 aromatic carbocycles. The number of amides is 1. The Morgan fingerprint density at radius 1 is 1.45 bits per heavy atom. The smallest absolute Gasteiger partial charge is 0.328 e. The maximum Gasteiger partial charge on any atom is 0.328 e. The molecule has 108 valence electrons. The molecule has 1 fully saturated rings. The Bertz CT molecular complexity index is 503. The van der Waals surface area contributed by atoms with Crippen LogP contribution in [0.5, 0.6) is 0 Å². The Hall–Kier alpha value is -1.66. The molecule has 0 unspecified atom stereocenters. The van der Waals surface area contributed by atoms with Gasteiger partial charge in [-0.1, -0.05) is 0 Å². The first-order valence-corrected chi connectivity index (χ1v) is 7.39. The Labute approximate surface area is 121 Å². The van der Waals surface area contributed by atoms with E-state index in [1.54, 1.807) is 11.4 Å². The van der Waals surface area contributed by atoms with Crippen LogP contribution in [0.4, 0.5) is 0 Å². The highest BCUT2D eigenvalue weighted by molar-refractivity contribution is 7.12. The number of rotatable bonds is 5. The van der Waals surface area contributed by atoms with Gasteiger partial charge in [-0.15, -0.1) is 11.3 Å². The molecule has 0 atom stereocenters. The number of nitrogens with one attached hydrogen (secondary N) is 1. The number of carboxylic acids is 1. The molecule has 2 heterocycles. The normalized spacial score (nSPS) is 16.4. The van der Waals surface area contributed by atoms with Crippen LogP contribution >= 0.6 is 11.3 Å². The maximum absolute atomic E-state index is 12.1. The molecule has 0 aliphatic carbocycles. The minimum Gasteiger partial charge on any atom is -0.478 e. The Morgan fingerprint density at radius 2 is 2.20 bits per heavy atom. The lowest BCUT2D eigenvalue weighted by molar-refractivity contribution is -0.131. The van der Waals surface area contributed by atoms with Gasteiger partial charge in [-0.05, 0) is 41.8 Å². The molecule has 1 aliphatic heterocycles. The molecular formula is C14H17NO4S. The molecule has 1 saturated heterocycles. The van der Waals surface area contributed by atoms with Crippen LogP contribution in [0.1, 0.15) is 28.1 Å². The number of carbonyl (C=O) groups excluding carboxylic acids is 1. The van der Waals surface area contributed by atoms with Crippen molar-refractivity contribution in [2.24, 2.45) is 5.92 Å². The zero-order chi connectivity index (χ0) is 14.4. The van der Waals surface area contributed by atoms with Crippen LogP contribution in [0.25, 0.3) is 6.08 Å². The highest BCUT2D eigenvalue weighted by atomic mass is 32.1. The topological polar surface area (TPSA) is 75.6 Å². The minimum absolute atomic E-state index is 0.142. The summed E-state index contributed by atoms with van der Waals surface area (Å²) < 4.78 is 5.28. The van der Waals surface area contributed by atoms with Gasteiger partial charge in [-0.3, -0.25) is 4.79 Å². The van der Waals surface area contributed by atoms with Crippen molar-refractivity contribution in [2.45, 2.75) is 12.8 Å². The van der Waals surface area contributed by atoms with E-state index < -0.39 is 5.97 Å².